The molecule has 1 amide bonds. The molecule has 2 aromatic carbocycles. The maximum Gasteiger partial charge on any atom is 0.229 e. The van der Waals surface area contributed by atoms with Crippen molar-refractivity contribution in [3.8, 4) is 0 Å². The third-order valence-electron chi connectivity index (χ3n) is 5.44. The summed E-state index contributed by atoms with van der Waals surface area (Å²) in [6.45, 7) is 4.08. The summed E-state index contributed by atoms with van der Waals surface area (Å²) < 4.78 is 43.7. The molecule has 190 valence electrons. The van der Waals surface area contributed by atoms with Gasteiger partial charge in [0, 0.05) is 49.5 Å². The molecule has 1 fully saturated rings. The van der Waals surface area contributed by atoms with E-state index in [-0.39, 0.29) is 35.4 Å². The Bertz CT molecular complexity index is 1250. The molecule has 0 unspecified atom stereocenters. The molecule has 35 heavy (non-hydrogen) atoms. The van der Waals surface area contributed by atoms with Crippen LogP contribution in [-0.4, -0.2) is 75.6 Å². The second-order valence-corrected chi connectivity index (χ2v) is 12.1. The number of morpholine rings is 1. The van der Waals surface area contributed by atoms with Crippen molar-refractivity contribution in [2.24, 2.45) is 0 Å². The van der Waals surface area contributed by atoms with Gasteiger partial charge in [0.1, 0.15) is 11.3 Å². The largest absolute Gasteiger partial charge is 0.379 e. The average molecular weight is 560 g/mol. The van der Waals surface area contributed by atoms with Crippen LogP contribution in [0.1, 0.15) is 6.42 Å². The van der Waals surface area contributed by atoms with Crippen LogP contribution in [0.4, 0.5) is 9.52 Å². The lowest BCUT2D eigenvalue weighted by Crippen LogP contribution is -2.43. The summed E-state index contributed by atoms with van der Waals surface area (Å²) in [4.78, 5) is 22.8. The first-order chi connectivity index (χ1) is 16.3. The first kappa shape index (κ1) is 27.8. The molecule has 1 aliphatic rings. The SMILES string of the molecule is CS(=O)(=O)c1cccc2sc(N(CCN3CCOCC3)C(=O)CCSc3ccc(F)cc3)nc12.Cl. The van der Waals surface area contributed by atoms with Gasteiger partial charge in [-0.2, -0.15) is 0 Å². The molecule has 0 saturated carbocycles. The Hall–Kier alpha value is -1.76. The molecule has 0 aliphatic carbocycles. The molecule has 1 aromatic heterocycles. The number of nitrogens with zero attached hydrogens (tertiary/aromatic N) is 3. The number of amides is 1. The van der Waals surface area contributed by atoms with E-state index in [0.717, 1.165) is 28.9 Å². The monoisotopic (exact) mass is 559 g/mol. The highest BCUT2D eigenvalue weighted by Crippen LogP contribution is 2.33. The van der Waals surface area contributed by atoms with Crippen LogP contribution in [0, 0.1) is 5.82 Å². The first-order valence-corrected chi connectivity index (χ1v) is 14.6. The van der Waals surface area contributed by atoms with E-state index in [2.05, 4.69) is 9.88 Å². The summed E-state index contributed by atoms with van der Waals surface area (Å²) in [6, 6.07) is 11.3. The van der Waals surface area contributed by atoms with Crippen LogP contribution in [0.15, 0.2) is 52.3 Å². The molecule has 3 aromatic rings. The first-order valence-electron chi connectivity index (χ1n) is 10.9. The molecule has 4 rings (SSSR count). The smallest absolute Gasteiger partial charge is 0.229 e. The zero-order valence-electron chi connectivity index (χ0n) is 19.2. The van der Waals surface area contributed by atoms with E-state index in [4.69, 9.17) is 4.74 Å². The fourth-order valence-corrected chi connectivity index (χ4v) is 6.42. The van der Waals surface area contributed by atoms with E-state index >= 15 is 0 Å². The molecule has 1 saturated heterocycles. The second-order valence-electron chi connectivity index (χ2n) is 7.92. The number of thioether (sulfide) groups is 1. The van der Waals surface area contributed by atoms with Gasteiger partial charge in [0.2, 0.25) is 5.91 Å². The lowest BCUT2D eigenvalue weighted by atomic mass is 10.3. The number of hydrogen-bond donors (Lipinski definition) is 0. The summed E-state index contributed by atoms with van der Waals surface area (Å²) in [5, 5.41) is 0.496. The van der Waals surface area contributed by atoms with E-state index in [1.807, 2.05) is 6.07 Å². The fraction of sp³-hybridized carbons (Fsp3) is 0.391. The Kier molecular flexibility index (Phi) is 9.91. The van der Waals surface area contributed by atoms with Crippen LogP contribution < -0.4 is 4.90 Å². The van der Waals surface area contributed by atoms with Crippen molar-refractivity contribution in [3.63, 3.8) is 0 Å². The van der Waals surface area contributed by atoms with Crippen LogP contribution in [0.25, 0.3) is 10.2 Å². The number of rotatable bonds is 9. The van der Waals surface area contributed by atoms with Crippen molar-refractivity contribution in [2.75, 3.05) is 56.3 Å². The molecule has 2 heterocycles. The molecule has 0 atom stereocenters. The number of carbonyl (C=O) groups excluding carboxylic acids is 1. The van der Waals surface area contributed by atoms with Gasteiger partial charge in [0.05, 0.1) is 22.8 Å². The molecule has 0 spiro atoms. The Morgan fingerprint density at radius 1 is 1.20 bits per heavy atom. The molecule has 12 heteroatoms. The fourth-order valence-electron chi connectivity index (χ4n) is 3.64. The van der Waals surface area contributed by atoms with Gasteiger partial charge in [-0.15, -0.1) is 24.2 Å². The number of benzene rings is 2. The zero-order valence-corrected chi connectivity index (χ0v) is 22.4. The highest BCUT2D eigenvalue weighted by molar-refractivity contribution is 7.99. The van der Waals surface area contributed by atoms with Gasteiger partial charge in [-0.3, -0.25) is 14.6 Å². The second kappa shape index (κ2) is 12.5. The summed E-state index contributed by atoms with van der Waals surface area (Å²) in [7, 11) is -3.45. The van der Waals surface area contributed by atoms with Crippen LogP contribution in [0.3, 0.4) is 0 Å². The Labute approximate surface area is 219 Å². The van der Waals surface area contributed by atoms with Gasteiger partial charge >= 0.3 is 0 Å². The van der Waals surface area contributed by atoms with Gasteiger partial charge < -0.3 is 4.74 Å². The number of anilines is 1. The number of fused-ring (bicyclic) bond motifs is 1. The Morgan fingerprint density at radius 3 is 2.60 bits per heavy atom. The number of aromatic nitrogens is 1. The Morgan fingerprint density at radius 2 is 1.91 bits per heavy atom. The van der Waals surface area contributed by atoms with Gasteiger partial charge in [-0.25, -0.2) is 17.8 Å². The van der Waals surface area contributed by atoms with E-state index in [9.17, 15) is 17.6 Å². The van der Waals surface area contributed by atoms with E-state index in [1.165, 1.54) is 35.2 Å². The highest BCUT2D eigenvalue weighted by atomic mass is 35.5. The molecular formula is C23H27ClFN3O4S3. The van der Waals surface area contributed by atoms with E-state index in [0.29, 0.717) is 42.7 Å². The van der Waals surface area contributed by atoms with Gasteiger partial charge in [0.15, 0.2) is 15.0 Å². The normalized spacial score (nSPS) is 14.6. The van der Waals surface area contributed by atoms with Crippen molar-refractivity contribution in [1.82, 2.24) is 9.88 Å². The van der Waals surface area contributed by atoms with Crippen LogP contribution in [0.5, 0.6) is 0 Å². The van der Waals surface area contributed by atoms with Crippen LogP contribution >= 0.6 is 35.5 Å². The zero-order chi connectivity index (χ0) is 24.1. The molecule has 0 N–H and O–H groups in total. The lowest BCUT2D eigenvalue weighted by Gasteiger charge is -2.29. The molecule has 7 nitrogen and oxygen atoms in total. The number of para-hydroxylation sites is 1. The van der Waals surface area contributed by atoms with Crippen LogP contribution in [0.2, 0.25) is 0 Å². The number of halogens is 2. The minimum Gasteiger partial charge on any atom is -0.379 e. The molecule has 0 radical (unpaired) electrons. The summed E-state index contributed by atoms with van der Waals surface area (Å²) in [6.07, 6.45) is 1.44. The minimum absolute atomic E-state index is 0. The van der Waals surface area contributed by atoms with Crippen molar-refractivity contribution in [2.45, 2.75) is 16.2 Å². The van der Waals surface area contributed by atoms with Crippen LogP contribution in [-0.2, 0) is 19.4 Å². The number of ether oxygens (including phenoxy) is 1. The maximum absolute atomic E-state index is 13.3. The lowest BCUT2D eigenvalue weighted by molar-refractivity contribution is -0.118. The van der Waals surface area contributed by atoms with E-state index in [1.54, 1.807) is 29.2 Å². The Balaban J connectivity index is 0.00000342. The van der Waals surface area contributed by atoms with Crippen molar-refractivity contribution in [3.05, 3.63) is 48.3 Å². The minimum atomic E-state index is -3.45. The number of sulfone groups is 1. The molecule has 0 bridgehead atoms. The standard InChI is InChI=1S/C23H26FN3O4S3.ClH/c1-34(29,30)20-4-2-3-19-22(20)25-23(33-19)27(11-10-26-12-14-31-15-13-26)21(28)9-16-32-18-7-5-17(24)6-8-18;/h2-8H,9-16H2,1H3;1H. The highest BCUT2D eigenvalue weighted by Gasteiger charge is 2.23. The topological polar surface area (TPSA) is 79.8 Å². The van der Waals surface area contributed by atoms with Crippen molar-refractivity contribution < 1.29 is 22.3 Å². The van der Waals surface area contributed by atoms with Crippen molar-refractivity contribution in [1.29, 1.82) is 0 Å². The average Bonchev–Trinajstić information content (AvgIpc) is 3.24. The number of hydrogen-bond acceptors (Lipinski definition) is 8. The number of thiazole rings is 1. The predicted molar refractivity (Wildman–Crippen MR) is 141 cm³/mol. The van der Waals surface area contributed by atoms with Gasteiger partial charge in [-0.1, -0.05) is 17.4 Å². The number of carbonyl (C=O) groups is 1. The molecule has 1 aliphatic heterocycles. The van der Waals surface area contributed by atoms with E-state index < -0.39 is 9.84 Å². The summed E-state index contributed by atoms with van der Waals surface area (Å²) >= 11 is 2.81. The van der Waals surface area contributed by atoms with Gasteiger partial charge in [-0.05, 0) is 36.4 Å². The predicted octanol–water partition coefficient (Wildman–Crippen LogP) is 4.11. The third kappa shape index (κ3) is 7.37. The summed E-state index contributed by atoms with van der Waals surface area (Å²) in [5.41, 5.74) is 0.398. The summed E-state index contributed by atoms with van der Waals surface area (Å²) in [5.74, 6) is 0.166. The molecular weight excluding hydrogens is 533 g/mol. The maximum atomic E-state index is 13.3. The van der Waals surface area contributed by atoms with Crippen molar-refractivity contribution >= 4 is 66.6 Å². The quantitative estimate of drug-likeness (QED) is 0.365. The third-order valence-corrected chi connectivity index (χ3v) is 8.63. The van der Waals surface area contributed by atoms with Gasteiger partial charge in [0.25, 0.3) is 0 Å².